The highest BCUT2D eigenvalue weighted by molar-refractivity contribution is 5.86. The van der Waals surface area contributed by atoms with E-state index in [2.05, 4.69) is 85.7 Å². The number of fused-ring (bicyclic) bond motifs is 1. The van der Waals surface area contributed by atoms with E-state index in [4.69, 9.17) is 0 Å². The van der Waals surface area contributed by atoms with Crippen LogP contribution in [-0.4, -0.2) is 19.0 Å². The van der Waals surface area contributed by atoms with Gasteiger partial charge in [0.15, 0.2) is 0 Å². The number of rotatable bonds is 7. The Morgan fingerprint density at radius 2 is 1.96 bits per heavy atom. The minimum atomic E-state index is -0.224. The number of hydrogen-bond acceptors (Lipinski definition) is 2. The highest BCUT2D eigenvalue weighted by atomic mass is 16.2. The molecule has 1 aliphatic rings. The highest BCUT2D eigenvalue weighted by Gasteiger charge is 2.30. The predicted octanol–water partition coefficient (Wildman–Crippen LogP) is 4.60. The van der Waals surface area contributed by atoms with Gasteiger partial charge in [0.05, 0.1) is 0 Å². The van der Waals surface area contributed by atoms with Gasteiger partial charge in [0, 0.05) is 30.5 Å². The Morgan fingerprint density at radius 1 is 1.21 bits per heavy atom. The summed E-state index contributed by atoms with van der Waals surface area (Å²) in [5, 5.41) is 9.11. The molecule has 1 saturated carbocycles. The Morgan fingerprint density at radius 3 is 2.75 bits per heavy atom. The van der Waals surface area contributed by atoms with E-state index < -0.39 is 0 Å². The summed E-state index contributed by atoms with van der Waals surface area (Å²) in [7, 11) is 0. The average Bonchev–Trinajstić information content (AvgIpc) is 3.53. The van der Waals surface area contributed by atoms with Gasteiger partial charge < -0.3 is 10.6 Å². The van der Waals surface area contributed by atoms with Crippen LogP contribution in [0.3, 0.4) is 0 Å². The van der Waals surface area contributed by atoms with Gasteiger partial charge in [0.1, 0.15) is 0 Å². The van der Waals surface area contributed by atoms with Gasteiger partial charge in [-0.15, -0.1) is 0 Å². The van der Waals surface area contributed by atoms with E-state index in [9.17, 15) is 4.79 Å². The molecule has 0 bridgehead atoms. The number of carbonyl (C=O) groups excluding carboxylic acids is 1. The fourth-order valence-electron chi connectivity index (χ4n) is 3.18. The van der Waals surface area contributed by atoms with Crippen molar-refractivity contribution >= 4 is 16.7 Å². The Balaban J connectivity index is 1.47. The van der Waals surface area contributed by atoms with Crippen LogP contribution in [0.2, 0.25) is 0 Å². The SMILES string of the molecule is C[C@@H](NC/C=C/C#CC(C)(C)CNC(=O)C1CC1)c1cccc2ccccc12. The van der Waals surface area contributed by atoms with E-state index in [0.29, 0.717) is 6.54 Å². The van der Waals surface area contributed by atoms with Gasteiger partial charge in [0.25, 0.3) is 0 Å². The Hall–Kier alpha value is -2.57. The number of nitrogens with one attached hydrogen (secondary N) is 2. The van der Waals surface area contributed by atoms with Crippen molar-refractivity contribution in [2.75, 3.05) is 13.1 Å². The molecule has 28 heavy (non-hydrogen) atoms. The Bertz CT molecular complexity index is 908. The first-order valence-electron chi connectivity index (χ1n) is 10.1. The first kappa shape index (κ1) is 20.2. The largest absolute Gasteiger partial charge is 0.354 e. The maximum absolute atomic E-state index is 11.7. The highest BCUT2D eigenvalue weighted by Crippen LogP contribution is 2.29. The molecule has 0 aromatic heterocycles. The molecular weight excluding hydrogens is 344 g/mol. The topological polar surface area (TPSA) is 41.1 Å². The van der Waals surface area contributed by atoms with Crippen molar-refractivity contribution in [1.82, 2.24) is 10.6 Å². The van der Waals surface area contributed by atoms with Gasteiger partial charge in [-0.2, -0.15) is 0 Å². The van der Waals surface area contributed by atoms with Gasteiger partial charge in [-0.25, -0.2) is 0 Å². The zero-order chi connectivity index (χ0) is 20.0. The second kappa shape index (κ2) is 9.08. The number of hydrogen-bond donors (Lipinski definition) is 2. The molecule has 1 amide bonds. The number of carbonyl (C=O) groups is 1. The molecule has 3 nitrogen and oxygen atoms in total. The molecule has 0 heterocycles. The van der Waals surface area contributed by atoms with Crippen LogP contribution in [0.5, 0.6) is 0 Å². The average molecular weight is 375 g/mol. The van der Waals surface area contributed by atoms with Crippen LogP contribution in [0.1, 0.15) is 45.2 Å². The molecular formula is C25H30N2O. The van der Waals surface area contributed by atoms with E-state index in [1.54, 1.807) is 0 Å². The summed E-state index contributed by atoms with van der Waals surface area (Å²) in [5.41, 5.74) is 1.09. The third kappa shape index (κ3) is 5.71. The third-order valence-electron chi connectivity index (χ3n) is 5.10. The van der Waals surface area contributed by atoms with Crippen molar-refractivity contribution in [3.8, 4) is 11.8 Å². The molecule has 1 atom stereocenters. The van der Waals surface area contributed by atoms with E-state index in [1.165, 1.54) is 16.3 Å². The van der Waals surface area contributed by atoms with Gasteiger partial charge in [-0.05, 0) is 56.0 Å². The van der Waals surface area contributed by atoms with Gasteiger partial charge in [-0.1, -0.05) is 60.4 Å². The van der Waals surface area contributed by atoms with Crippen molar-refractivity contribution in [2.45, 2.75) is 39.7 Å². The summed E-state index contributed by atoms with van der Waals surface area (Å²) < 4.78 is 0. The normalized spacial score (nSPS) is 15.2. The quantitative estimate of drug-likeness (QED) is 0.695. The molecule has 3 heteroatoms. The number of allylic oxidation sites excluding steroid dienone is 1. The minimum Gasteiger partial charge on any atom is -0.354 e. The molecule has 1 fully saturated rings. The summed E-state index contributed by atoms with van der Waals surface area (Å²) in [5.74, 6) is 6.78. The monoisotopic (exact) mass is 374 g/mol. The molecule has 0 aliphatic heterocycles. The third-order valence-corrected chi connectivity index (χ3v) is 5.10. The number of amides is 1. The van der Waals surface area contributed by atoms with Crippen molar-refractivity contribution in [1.29, 1.82) is 0 Å². The smallest absolute Gasteiger partial charge is 0.223 e. The van der Waals surface area contributed by atoms with Gasteiger partial charge in [0.2, 0.25) is 5.91 Å². The summed E-state index contributed by atoms with van der Waals surface area (Å²) >= 11 is 0. The fourth-order valence-corrected chi connectivity index (χ4v) is 3.18. The minimum absolute atomic E-state index is 0.178. The molecule has 0 unspecified atom stereocenters. The predicted molar refractivity (Wildman–Crippen MR) is 117 cm³/mol. The molecule has 0 spiro atoms. The lowest BCUT2D eigenvalue weighted by atomic mass is 9.94. The second-order valence-electron chi connectivity index (χ2n) is 8.25. The first-order chi connectivity index (χ1) is 13.5. The second-order valence-corrected chi connectivity index (χ2v) is 8.25. The first-order valence-corrected chi connectivity index (χ1v) is 10.1. The molecule has 1 aliphatic carbocycles. The molecule has 3 rings (SSSR count). The molecule has 2 aromatic carbocycles. The lowest BCUT2D eigenvalue weighted by Crippen LogP contribution is -2.34. The summed E-state index contributed by atoms with van der Waals surface area (Å²) in [6, 6.07) is 15.2. The zero-order valence-electron chi connectivity index (χ0n) is 17.1. The standard InChI is InChI=1S/C25H30N2O/c1-19(22-13-9-11-20-10-5-6-12-23(20)22)26-17-8-4-7-16-25(2,3)18-27-24(28)21-14-15-21/h4-6,8-13,19,21,26H,14-15,17-18H2,1-3H3,(H,27,28)/b8-4+/t19-/m1/s1. The molecule has 146 valence electrons. The van der Waals surface area contributed by atoms with Crippen LogP contribution >= 0.6 is 0 Å². The van der Waals surface area contributed by atoms with Crippen LogP contribution in [0, 0.1) is 23.2 Å². The van der Waals surface area contributed by atoms with Crippen molar-refractivity contribution < 1.29 is 4.79 Å². The summed E-state index contributed by atoms with van der Waals surface area (Å²) in [6.45, 7) is 7.66. The van der Waals surface area contributed by atoms with E-state index in [-0.39, 0.29) is 23.3 Å². The van der Waals surface area contributed by atoms with Crippen LogP contribution in [0.15, 0.2) is 54.6 Å². The van der Waals surface area contributed by atoms with E-state index >= 15 is 0 Å². The Labute approximate surface area is 168 Å². The van der Waals surface area contributed by atoms with Crippen LogP contribution < -0.4 is 10.6 Å². The van der Waals surface area contributed by atoms with Crippen molar-refractivity contribution in [2.24, 2.45) is 11.3 Å². The van der Waals surface area contributed by atoms with E-state index in [1.807, 2.05) is 12.2 Å². The molecule has 2 aromatic rings. The van der Waals surface area contributed by atoms with Crippen LogP contribution in [-0.2, 0) is 4.79 Å². The molecule has 0 radical (unpaired) electrons. The van der Waals surface area contributed by atoms with E-state index in [0.717, 1.165) is 19.4 Å². The van der Waals surface area contributed by atoms with Crippen LogP contribution in [0.4, 0.5) is 0 Å². The van der Waals surface area contributed by atoms with Gasteiger partial charge >= 0.3 is 0 Å². The lowest BCUT2D eigenvalue weighted by Gasteiger charge is -2.18. The Kier molecular flexibility index (Phi) is 6.54. The van der Waals surface area contributed by atoms with Gasteiger partial charge in [-0.3, -0.25) is 4.79 Å². The maximum atomic E-state index is 11.7. The maximum Gasteiger partial charge on any atom is 0.223 e. The fraction of sp³-hybridized carbons (Fsp3) is 0.400. The van der Waals surface area contributed by atoms with Crippen molar-refractivity contribution in [3.63, 3.8) is 0 Å². The summed E-state index contributed by atoms with van der Waals surface area (Å²) in [6.07, 6.45) is 6.01. The van der Waals surface area contributed by atoms with Crippen molar-refractivity contribution in [3.05, 3.63) is 60.2 Å². The molecule has 0 saturated heterocycles. The summed E-state index contributed by atoms with van der Waals surface area (Å²) in [4.78, 5) is 11.7. The number of benzene rings is 2. The van der Waals surface area contributed by atoms with Crippen LogP contribution in [0.25, 0.3) is 10.8 Å². The molecule has 2 N–H and O–H groups in total. The zero-order valence-corrected chi connectivity index (χ0v) is 17.1. The lowest BCUT2D eigenvalue weighted by molar-refractivity contribution is -0.122.